The second-order valence-electron chi connectivity index (χ2n) is 6.44. The number of benzene rings is 2. The van der Waals surface area contributed by atoms with E-state index in [0.29, 0.717) is 24.4 Å². The van der Waals surface area contributed by atoms with Gasteiger partial charge in [0.2, 0.25) is 0 Å². The molecule has 2 aromatic rings. The van der Waals surface area contributed by atoms with Crippen LogP contribution in [0.5, 0.6) is 11.5 Å². The van der Waals surface area contributed by atoms with Crippen LogP contribution < -0.4 is 14.4 Å². The van der Waals surface area contributed by atoms with Crippen LogP contribution in [-0.4, -0.2) is 56.5 Å². The maximum absolute atomic E-state index is 12.4. The second-order valence-corrected chi connectivity index (χ2v) is 6.44. The number of carbonyl (C=O) groups is 2. The fraction of sp³-hybridized carbons (Fsp3) is 0.333. The molecule has 1 amide bonds. The zero-order valence-electron chi connectivity index (χ0n) is 15.7. The quantitative estimate of drug-likeness (QED) is 0.734. The van der Waals surface area contributed by atoms with Gasteiger partial charge in [-0.05, 0) is 43.3 Å². The molecule has 6 heteroatoms. The SMILES string of the molecule is COc1ccc(N2CCN(C(=O)COc3cccc(C(C)=O)c3)CC2)cc1. The van der Waals surface area contributed by atoms with Crippen LogP contribution in [0.1, 0.15) is 17.3 Å². The van der Waals surface area contributed by atoms with Gasteiger partial charge in [0, 0.05) is 37.4 Å². The van der Waals surface area contributed by atoms with E-state index in [1.807, 2.05) is 29.2 Å². The van der Waals surface area contributed by atoms with Crippen molar-refractivity contribution >= 4 is 17.4 Å². The molecule has 0 N–H and O–H groups in total. The molecule has 0 bridgehead atoms. The van der Waals surface area contributed by atoms with Gasteiger partial charge < -0.3 is 19.3 Å². The molecule has 2 aromatic carbocycles. The monoisotopic (exact) mass is 368 g/mol. The number of Topliss-reactive ketones (excluding diaryl/α,β-unsaturated/α-hetero) is 1. The molecule has 27 heavy (non-hydrogen) atoms. The van der Waals surface area contributed by atoms with Gasteiger partial charge in [0.1, 0.15) is 11.5 Å². The molecule has 0 saturated carbocycles. The van der Waals surface area contributed by atoms with Crippen LogP contribution in [0.2, 0.25) is 0 Å². The van der Waals surface area contributed by atoms with Crippen molar-refractivity contribution in [2.24, 2.45) is 0 Å². The Morgan fingerprint density at radius 2 is 1.67 bits per heavy atom. The highest BCUT2D eigenvalue weighted by molar-refractivity contribution is 5.94. The molecule has 0 radical (unpaired) electrons. The number of hydrogen-bond donors (Lipinski definition) is 0. The van der Waals surface area contributed by atoms with E-state index in [0.717, 1.165) is 24.5 Å². The third-order valence-corrected chi connectivity index (χ3v) is 4.67. The number of ketones is 1. The van der Waals surface area contributed by atoms with E-state index in [1.54, 1.807) is 31.4 Å². The van der Waals surface area contributed by atoms with Crippen LogP contribution in [0.3, 0.4) is 0 Å². The Morgan fingerprint density at radius 1 is 0.963 bits per heavy atom. The van der Waals surface area contributed by atoms with Crippen LogP contribution in [0.25, 0.3) is 0 Å². The van der Waals surface area contributed by atoms with Crippen LogP contribution in [0.15, 0.2) is 48.5 Å². The van der Waals surface area contributed by atoms with Crippen LogP contribution in [0.4, 0.5) is 5.69 Å². The van der Waals surface area contributed by atoms with Crippen molar-refractivity contribution in [1.82, 2.24) is 4.90 Å². The van der Waals surface area contributed by atoms with Crippen LogP contribution in [0, 0.1) is 0 Å². The molecule has 1 fully saturated rings. The van der Waals surface area contributed by atoms with Crippen LogP contribution >= 0.6 is 0 Å². The number of ether oxygens (including phenoxy) is 2. The number of hydrogen-bond acceptors (Lipinski definition) is 5. The molecule has 0 atom stereocenters. The lowest BCUT2D eigenvalue weighted by atomic mass is 10.1. The first-order chi connectivity index (χ1) is 13.1. The van der Waals surface area contributed by atoms with Gasteiger partial charge in [0.05, 0.1) is 7.11 Å². The number of anilines is 1. The summed E-state index contributed by atoms with van der Waals surface area (Å²) in [7, 11) is 1.65. The number of nitrogens with zero attached hydrogens (tertiary/aromatic N) is 2. The van der Waals surface area contributed by atoms with Crippen LogP contribution in [-0.2, 0) is 4.79 Å². The maximum atomic E-state index is 12.4. The Morgan fingerprint density at radius 3 is 2.30 bits per heavy atom. The zero-order valence-corrected chi connectivity index (χ0v) is 15.7. The predicted molar refractivity (Wildman–Crippen MR) is 104 cm³/mol. The lowest BCUT2D eigenvalue weighted by Crippen LogP contribution is -2.50. The van der Waals surface area contributed by atoms with Gasteiger partial charge in [0.15, 0.2) is 12.4 Å². The Labute approximate surface area is 159 Å². The summed E-state index contributed by atoms with van der Waals surface area (Å²) in [4.78, 5) is 27.9. The molecular formula is C21H24N2O4. The highest BCUT2D eigenvalue weighted by Gasteiger charge is 2.21. The summed E-state index contributed by atoms with van der Waals surface area (Å²) in [6.07, 6.45) is 0. The fourth-order valence-corrected chi connectivity index (χ4v) is 3.05. The minimum Gasteiger partial charge on any atom is -0.497 e. The summed E-state index contributed by atoms with van der Waals surface area (Å²) in [6, 6.07) is 14.8. The molecule has 1 aliphatic rings. The van der Waals surface area contributed by atoms with Crippen molar-refractivity contribution in [2.75, 3.05) is 44.8 Å². The average molecular weight is 368 g/mol. The summed E-state index contributed by atoms with van der Waals surface area (Å²) in [5, 5.41) is 0. The zero-order chi connectivity index (χ0) is 19.2. The van der Waals surface area contributed by atoms with E-state index in [4.69, 9.17) is 9.47 Å². The molecule has 142 valence electrons. The average Bonchev–Trinajstić information content (AvgIpc) is 2.72. The van der Waals surface area contributed by atoms with Gasteiger partial charge in [-0.25, -0.2) is 0 Å². The molecule has 3 rings (SSSR count). The molecular weight excluding hydrogens is 344 g/mol. The second kappa shape index (κ2) is 8.58. The smallest absolute Gasteiger partial charge is 0.260 e. The van der Waals surface area contributed by atoms with Crippen molar-refractivity contribution in [3.8, 4) is 11.5 Å². The molecule has 6 nitrogen and oxygen atoms in total. The number of amides is 1. The van der Waals surface area contributed by atoms with E-state index in [1.165, 1.54) is 6.92 Å². The van der Waals surface area contributed by atoms with Gasteiger partial charge in [-0.1, -0.05) is 12.1 Å². The van der Waals surface area contributed by atoms with Crippen molar-refractivity contribution in [2.45, 2.75) is 6.92 Å². The summed E-state index contributed by atoms with van der Waals surface area (Å²) in [6.45, 7) is 4.34. The Balaban J connectivity index is 1.49. The topological polar surface area (TPSA) is 59.1 Å². The summed E-state index contributed by atoms with van der Waals surface area (Å²) in [5.41, 5.74) is 1.70. The van der Waals surface area contributed by atoms with Gasteiger partial charge in [-0.15, -0.1) is 0 Å². The van der Waals surface area contributed by atoms with Gasteiger partial charge >= 0.3 is 0 Å². The van der Waals surface area contributed by atoms with E-state index in [9.17, 15) is 9.59 Å². The van der Waals surface area contributed by atoms with E-state index in [2.05, 4.69) is 4.90 Å². The molecule has 1 aliphatic heterocycles. The largest absolute Gasteiger partial charge is 0.497 e. The molecule has 1 saturated heterocycles. The van der Waals surface area contributed by atoms with E-state index < -0.39 is 0 Å². The Kier molecular flexibility index (Phi) is 5.96. The highest BCUT2D eigenvalue weighted by Crippen LogP contribution is 2.20. The maximum Gasteiger partial charge on any atom is 0.260 e. The van der Waals surface area contributed by atoms with E-state index in [-0.39, 0.29) is 18.3 Å². The first-order valence-electron chi connectivity index (χ1n) is 8.97. The van der Waals surface area contributed by atoms with Crippen molar-refractivity contribution in [3.63, 3.8) is 0 Å². The third kappa shape index (κ3) is 4.78. The standard InChI is InChI=1S/C21H24N2O4/c1-16(24)17-4-3-5-20(14-17)27-15-21(25)23-12-10-22(11-13-23)18-6-8-19(26-2)9-7-18/h3-9,14H,10-13,15H2,1-2H3. The Bertz CT molecular complexity index is 796. The predicted octanol–water partition coefficient (Wildman–Crippen LogP) is 2.63. The minimum absolute atomic E-state index is 0.0239. The van der Waals surface area contributed by atoms with Gasteiger partial charge in [-0.3, -0.25) is 9.59 Å². The highest BCUT2D eigenvalue weighted by atomic mass is 16.5. The number of methoxy groups -OCH3 is 1. The summed E-state index contributed by atoms with van der Waals surface area (Å²) >= 11 is 0. The normalized spacial score (nSPS) is 14.0. The fourth-order valence-electron chi connectivity index (χ4n) is 3.05. The molecule has 0 spiro atoms. The first-order valence-corrected chi connectivity index (χ1v) is 8.97. The van der Waals surface area contributed by atoms with Crippen molar-refractivity contribution < 1.29 is 19.1 Å². The number of carbonyl (C=O) groups excluding carboxylic acids is 2. The molecule has 0 aromatic heterocycles. The van der Waals surface area contributed by atoms with E-state index >= 15 is 0 Å². The third-order valence-electron chi connectivity index (χ3n) is 4.67. The molecule has 0 aliphatic carbocycles. The number of piperazine rings is 1. The van der Waals surface area contributed by atoms with Gasteiger partial charge in [-0.2, -0.15) is 0 Å². The minimum atomic E-state index is -0.0439. The van der Waals surface area contributed by atoms with Crippen molar-refractivity contribution in [1.29, 1.82) is 0 Å². The lowest BCUT2D eigenvalue weighted by molar-refractivity contribution is -0.133. The van der Waals surface area contributed by atoms with Crippen molar-refractivity contribution in [3.05, 3.63) is 54.1 Å². The molecule has 1 heterocycles. The lowest BCUT2D eigenvalue weighted by Gasteiger charge is -2.36. The summed E-state index contributed by atoms with van der Waals surface area (Å²) < 4.78 is 10.8. The summed E-state index contributed by atoms with van der Waals surface area (Å²) in [5.74, 6) is 1.30. The Hall–Kier alpha value is -3.02. The number of rotatable bonds is 6. The first kappa shape index (κ1) is 18.8. The molecule has 0 unspecified atom stereocenters. The van der Waals surface area contributed by atoms with Gasteiger partial charge in [0.25, 0.3) is 5.91 Å².